The molecule has 1 fully saturated rings. The molecule has 3 N–H and O–H groups in total. The highest BCUT2D eigenvalue weighted by molar-refractivity contribution is 9.10. The summed E-state index contributed by atoms with van der Waals surface area (Å²) in [5.41, 5.74) is 3.92. The molecular formula is C15H22BrN3O. The molecule has 110 valence electrons. The van der Waals surface area contributed by atoms with Crippen LogP contribution in [0.2, 0.25) is 0 Å². The highest BCUT2D eigenvalue weighted by atomic mass is 79.9. The Balaban J connectivity index is 2.03. The molecule has 0 saturated heterocycles. The number of carbonyl (C=O) groups is 1. The van der Waals surface area contributed by atoms with E-state index in [9.17, 15) is 4.79 Å². The Morgan fingerprint density at radius 3 is 2.70 bits per heavy atom. The molecule has 1 amide bonds. The largest absolute Gasteiger partial charge is 0.299 e. The number of amides is 1. The zero-order valence-electron chi connectivity index (χ0n) is 11.9. The Morgan fingerprint density at radius 2 is 2.10 bits per heavy atom. The molecule has 20 heavy (non-hydrogen) atoms. The van der Waals surface area contributed by atoms with Gasteiger partial charge in [0.05, 0.1) is 0 Å². The lowest BCUT2D eigenvalue weighted by molar-refractivity contribution is 0.0953. The fourth-order valence-electron chi connectivity index (χ4n) is 2.82. The van der Waals surface area contributed by atoms with Gasteiger partial charge in [0.2, 0.25) is 0 Å². The van der Waals surface area contributed by atoms with Crippen LogP contribution in [0.25, 0.3) is 0 Å². The van der Waals surface area contributed by atoms with Crippen molar-refractivity contribution in [1.82, 2.24) is 10.3 Å². The number of benzene rings is 1. The topological polar surface area (TPSA) is 58.4 Å². The Morgan fingerprint density at radius 1 is 1.40 bits per heavy atom. The summed E-state index contributed by atoms with van der Waals surface area (Å²) in [6.45, 7) is 0.899. The molecular weight excluding hydrogens is 318 g/mol. The van der Waals surface area contributed by atoms with Gasteiger partial charge in [-0.1, -0.05) is 41.3 Å². The number of nitrogens with zero attached hydrogens (tertiary/aromatic N) is 1. The lowest BCUT2D eigenvalue weighted by atomic mass is 9.94. The molecule has 5 heteroatoms. The number of hydrogen-bond acceptors (Lipinski definition) is 3. The van der Waals surface area contributed by atoms with Crippen LogP contribution < -0.4 is 11.3 Å². The molecule has 4 nitrogen and oxygen atoms in total. The van der Waals surface area contributed by atoms with Gasteiger partial charge >= 0.3 is 0 Å². The summed E-state index contributed by atoms with van der Waals surface area (Å²) in [6.07, 6.45) is 6.64. The number of nitrogens with two attached hydrogens (primary N) is 1. The van der Waals surface area contributed by atoms with E-state index in [2.05, 4.69) is 33.3 Å². The fraction of sp³-hybridized carbons (Fsp3) is 0.533. The number of nitrogens with one attached hydrogen (secondary N) is 1. The molecule has 1 aliphatic rings. The van der Waals surface area contributed by atoms with Gasteiger partial charge in [0.25, 0.3) is 5.91 Å². The molecule has 1 aliphatic carbocycles. The summed E-state index contributed by atoms with van der Waals surface area (Å²) in [6, 6.07) is 6.32. The Labute approximate surface area is 128 Å². The standard InChI is InChI=1S/C15H22BrN3O/c1-19(13-5-3-2-4-6-13)10-12-8-7-11(9-14(12)16)15(20)18-17/h7-9,13H,2-6,10,17H2,1H3,(H,18,20). The van der Waals surface area contributed by atoms with Gasteiger partial charge < -0.3 is 0 Å². The lowest BCUT2D eigenvalue weighted by Crippen LogP contribution is -2.33. The zero-order chi connectivity index (χ0) is 14.5. The van der Waals surface area contributed by atoms with Crippen LogP contribution in [0.3, 0.4) is 0 Å². The highest BCUT2D eigenvalue weighted by Gasteiger charge is 2.18. The van der Waals surface area contributed by atoms with E-state index in [0.29, 0.717) is 11.6 Å². The summed E-state index contributed by atoms with van der Waals surface area (Å²) in [7, 11) is 2.18. The normalized spacial score (nSPS) is 16.4. The first-order valence-electron chi connectivity index (χ1n) is 7.11. The van der Waals surface area contributed by atoms with Gasteiger partial charge in [-0.15, -0.1) is 0 Å². The minimum atomic E-state index is -0.266. The van der Waals surface area contributed by atoms with Crippen molar-refractivity contribution in [2.24, 2.45) is 5.84 Å². The van der Waals surface area contributed by atoms with E-state index in [4.69, 9.17) is 5.84 Å². The van der Waals surface area contributed by atoms with Crippen LogP contribution >= 0.6 is 15.9 Å². The van der Waals surface area contributed by atoms with Crippen molar-refractivity contribution in [3.8, 4) is 0 Å². The van der Waals surface area contributed by atoms with E-state index in [1.54, 1.807) is 0 Å². The van der Waals surface area contributed by atoms with E-state index in [0.717, 1.165) is 11.0 Å². The molecule has 0 bridgehead atoms. The second kappa shape index (κ2) is 7.20. The summed E-state index contributed by atoms with van der Waals surface area (Å²) in [5.74, 6) is 4.88. The van der Waals surface area contributed by atoms with Crippen LogP contribution in [0.1, 0.15) is 48.0 Å². The van der Waals surface area contributed by atoms with Crippen LogP contribution in [-0.4, -0.2) is 23.9 Å². The fourth-order valence-corrected chi connectivity index (χ4v) is 3.32. The molecule has 0 aromatic heterocycles. The van der Waals surface area contributed by atoms with Crippen molar-refractivity contribution < 1.29 is 4.79 Å². The first kappa shape index (κ1) is 15.5. The second-order valence-electron chi connectivity index (χ2n) is 5.49. The van der Waals surface area contributed by atoms with Gasteiger partial charge in [-0.3, -0.25) is 15.1 Å². The molecule has 0 spiro atoms. The summed E-state index contributed by atoms with van der Waals surface area (Å²) in [5, 5.41) is 0. The highest BCUT2D eigenvalue weighted by Crippen LogP contribution is 2.25. The molecule has 1 aromatic carbocycles. The number of hydrazine groups is 1. The van der Waals surface area contributed by atoms with E-state index in [-0.39, 0.29) is 5.91 Å². The lowest BCUT2D eigenvalue weighted by Gasteiger charge is -2.31. The first-order valence-corrected chi connectivity index (χ1v) is 7.90. The maximum atomic E-state index is 11.5. The smallest absolute Gasteiger partial charge is 0.265 e. The Hall–Kier alpha value is -0.910. The molecule has 0 radical (unpaired) electrons. The number of halogens is 1. The van der Waals surface area contributed by atoms with Crippen LogP contribution in [0.4, 0.5) is 0 Å². The molecule has 0 heterocycles. The van der Waals surface area contributed by atoms with E-state index in [1.807, 2.05) is 18.2 Å². The van der Waals surface area contributed by atoms with E-state index in [1.165, 1.54) is 37.7 Å². The molecule has 0 aliphatic heterocycles. The van der Waals surface area contributed by atoms with Gasteiger partial charge in [0.1, 0.15) is 0 Å². The molecule has 2 rings (SSSR count). The third-order valence-electron chi connectivity index (χ3n) is 4.06. The first-order chi connectivity index (χ1) is 9.61. The molecule has 0 unspecified atom stereocenters. The van der Waals surface area contributed by atoms with Crippen molar-refractivity contribution in [3.05, 3.63) is 33.8 Å². The van der Waals surface area contributed by atoms with Crippen LogP contribution in [0.15, 0.2) is 22.7 Å². The van der Waals surface area contributed by atoms with E-state index < -0.39 is 0 Å². The summed E-state index contributed by atoms with van der Waals surface area (Å²) in [4.78, 5) is 13.9. The van der Waals surface area contributed by atoms with E-state index >= 15 is 0 Å². The molecule has 1 saturated carbocycles. The number of rotatable bonds is 4. The molecule has 0 atom stereocenters. The van der Waals surface area contributed by atoms with Gasteiger partial charge in [0, 0.05) is 22.6 Å². The van der Waals surface area contributed by atoms with Crippen molar-refractivity contribution in [1.29, 1.82) is 0 Å². The quantitative estimate of drug-likeness (QED) is 0.503. The SMILES string of the molecule is CN(Cc1ccc(C(=O)NN)cc1Br)C1CCCCC1. The Kier molecular flexibility index (Phi) is 5.57. The predicted octanol–water partition coefficient (Wildman–Crippen LogP) is 2.82. The van der Waals surface area contributed by atoms with Crippen LogP contribution in [0, 0.1) is 0 Å². The van der Waals surface area contributed by atoms with Crippen molar-refractivity contribution >= 4 is 21.8 Å². The van der Waals surface area contributed by atoms with Crippen molar-refractivity contribution in [2.45, 2.75) is 44.7 Å². The van der Waals surface area contributed by atoms with Crippen LogP contribution in [0.5, 0.6) is 0 Å². The van der Waals surface area contributed by atoms with Gasteiger partial charge in [-0.05, 0) is 37.6 Å². The number of hydrogen-bond donors (Lipinski definition) is 2. The Bertz CT molecular complexity index is 472. The zero-order valence-corrected chi connectivity index (χ0v) is 13.4. The van der Waals surface area contributed by atoms with Gasteiger partial charge in [0.15, 0.2) is 0 Å². The molecule has 1 aromatic rings. The van der Waals surface area contributed by atoms with Gasteiger partial charge in [-0.25, -0.2) is 5.84 Å². The summed E-state index contributed by atoms with van der Waals surface area (Å²) < 4.78 is 0.959. The predicted molar refractivity (Wildman–Crippen MR) is 84.1 cm³/mol. The number of nitrogen functional groups attached to an aromatic ring is 1. The minimum absolute atomic E-state index is 0.266. The maximum Gasteiger partial charge on any atom is 0.265 e. The monoisotopic (exact) mass is 339 g/mol. The number of carbonyl (C=O) groups excluding carboxylic acids is 1. The average Bonchev–Trinajstić information content (AvgIpc) is 2.49. The van der Waals surface area contributed by atoms with Gasteiger partial charge in [-0.2, -0.15) is 0 Å². The van der Waals surface area contributed by atoms with Crippen LogP contribution in [-0.2, 0) is 6.54 Å². The van der Waals surface area contributed by atoms with Crippen molar-refractivity contribution in [2.75, 3.05) is 7.05 Å². The third kappa shape index (κ3) is 3.81. The maximum absolute atomic E-state index is 11.5. The minimum Gasteiger partial charge on any atom is -0.299 e. The third-order valence-corrected chi connectivity index (χ3v) is 4.80. The average molecular weight is 340 g/mol. The summed E-state index contributed by atoms with van der Waals surface area (Å²) >= 11 is 3.55. The second-order valence-corrected chi connectivity index (χ2v) is 6.34. The van der Waals surface area contributed by atoms with Crippen molar-refractivity contribution in [3.63, 3.8) is 0 Å².